The van der Waals surface area contributed by atoms with Gasteiger partial charge in [0.1, 0.15) is 5.69 Å². The van der Waals surface area contributed by atoms with Crippen molar-refractivity contribution < 1.29 is 4.79 Å². The van der Waals surface area contributed by atoms with E-state index in [-0.39, 0.29) is 11.6 Å². The predicted octanol–water partition coefficient (Wildman–Crippen LogP) is 2.16. The number of aromatic nitrogens is 5. The standard InChI is InChI=1S/C19H18N6O2S/c26-17(15-13-21-18(28)25(15)14-7-2-1-3-8-14)20-10-6-12-24-19(27)23-11-5-4-9-16(23)22-24/h1-5,7-9,11,13H,6,10,12H2,(H,20,26)(H,21,28). The van der Waals surface area contributed by atoms with Gasteiger partial charge in [0.25, 0.3) is 5.91 Å². The molecule has 0 aliphatic rings. The van der Waals surface area contributed by atoms with Gasteiger partial charge in [0.15, 0.2) is 10.4 Å². The summed E-state index contributed by atoms with van der Waals surface area (Å²) in [4.78, 5) is 27.7. The number of aryl methyl sites for hydroxylation is 1. The number of benzene rings is 1. The molecule has 8 nitrogen and oxygen atoms in total. The maximum Gasteiger partial charge on any atom is 0.350 e. The molecule has 9 heteroatoms. The maximum absolute atomic E-state index is 12.6. The summed E-state index contributed by atoms with van der Waals surface area (Å²) in [5.74, 6) is -0.237. The molecule has 0 spiro atoms. The van der Waals surface area contributed by atoms with Crippen LogP contribution in [-0.4, -0.2) is 36.2 Å². The smallest absolute Gasteiger partial charge is 0.350 e. The van der Waals surface area contributed by atoms with Crippen LogP contribution < -0.4 is 11.0 Å². The monoisotopic (exact) mass is 394 g/mol. The molecule has 1 amide bonds. The molecular weight excluding hydrogens is 376 g/mol. The van der Waals surface area contributed by atoms with Gasteiger partial charge >= 0.3 is 5.69 Å². The molecule has 0 atom stereocenters. The van der Waals surface area contributed by atoms with E-state index in [0.29, 0.717) is 35.6 Å². The van der Waals surface area contributed by atoms with Crippen LogP contribution in [0.2, 0.25) is 0 Å². The van der Waals surface area contributed by atoms with Crippen LogP contribution in [0.3, 0.4) is 0 Å². The summed E-state index contributed by atoms with van der Waals surface area (Å²) in [5.41, 5.74) is 1.66. The highest BCUT2D eigenvalue weighted by Gasteiger charge is 2.14. The largest absolute Gasteiger partial charge is 0.351 e. The number of rotatable bonds is 6. The van der Waals surface area contributed by atoms with Crippen molar-refractivity contribution in [2.24, 2.45) is 0 Å². The fraction of sp³-hybridized carbons (Fsp3) is 0.158. The van der Waals surface area contributed by atoms with Crippen LogP contribution in [-0.2, 0) is 6.54 Å². The number of hydrogen-bond donors (Lipinski definition) is 2. The normalized spacial score (nSPS) is 11.0. The predicted molar refractivity (Wildman–Crippen MR) is 107 cm³/mol. The van der Waals surface area contributed by atoms with Crippen LogP contribution in [0.4, 0.5) is 0 Å². The molecule has 0 bridgehead atoms. The number of nitrogens with zero attached hydrogens (tertiary/aromatic N) is 4. The summed E-state index contributed by atoms with van der Waals surface area (Å²) < 4.78 is 5.04. The summed E-state index contributed by atoms with van der Waals surface area (Å²) in [6.45, 7) is 0.824. The topological polar surface area (TPSA) is 89.1 Å². The molecule has 28 heavy (non-hydrogen) atoms. The molecule has 0 saturated heterocycles. The highest BCUT2D eigenvalue weighted by Crippen LogP contribution is 2.12. The van der Waals surface area contributed by atoms with E-state index in [4.69, 9.17) is 12.2 Å². The lowest BCUT2D eigenvalue weighted by atomic mass is 10.3. The van der Waals surface area contributed by atoms with Gasteiger partial charge in [-0.1, -0.05) is 24.3 Å². The first-order valence-electron chi connectivity index (χ1n) is 8.83. The minimum Gasteiger partial charge on any atom is -0.351 e. The molecule has 4 aromatic rings. The fourth-order valence-electron chi connectivity index (χ4n) is 3.00. The number of fused-ring (bicyclic) bond motifs is 1. The lowest BCUT2D eigenvalue weighted by molar-refractivity contribution is 0.0945. The fourth-order valence-corrected chi connectivity index (χ4v) is 3.27. The third-order valence-electron chi connectivity index (χ3n) is 4.34. The van der Waals surface area contributed by atoms with Crippen molar-refractivity contribution in [2.45, 2.75) is 13.0 Å². The zero-order valence-corrected chi connectivity index (χ0v) is 15.7. The van der Waals surface area contributed by atoms with Crippen LogP contribution >= 0.6 is 12.2 Å². The summed E-state index contributed by atoms with van der Waals surface area (Å²) >= 11 is 5.30. The Morgan fingerprint density at radius 2 is 1.93 bits per heavy atom. The number of nitrogens with one attached hydrogen (secondary N) is 2. The van der Waals surface area contributed by atoms with Gasteiger partial charge in [-0.15, -0.1) is 5.10 Å². The molecule has 0 saturated carbocycles. The van der Waals surface area contributed by atoms with E-state index < -0.39 is 0 Å². The van der Waals surface area contributed by atoms with Gasteiger partial charge in [0.2, 0.25) is 0 Å². The quantitative estimate of drug-likeness (QED) is 0.387. The Hall–Kier alpha value is -3.46. The molecule has 142 valence electrons. The number of para-hydroxylation sites is 1. The molecule has 4 rings (SSSR count). The molecule has 0 aliphatic heterocycles. The van der Waals surface area contributed by atoms with Crippen molar-refractivity contribution in [3.8, 4) is 5.69 Å². The Morgan fingerprint density at radius 3 is 2.71 bits per heavy atom. The number of aromatic amines is 1. The summed E-state index contributed by atoms with van der Waals surface area (Å²) in [6.07, 6.45) is 3.85. The van der Waals surface area contributed by atoms with E-state index in [2.05, 4.69) is 15.4 Å². The zero-order chi connectivity index (χ0) is 19.5. The molecule has 2 N–H and O–H groups in total. The first-order valence-corrected chi connectivity index (χ1v) is 9.24. The lowest BCUT2D eigenvalue weighted by Gasteiger charge is -2.09. The Balaban J connectivity index is 1.41. The Kier molecular flexibility index (Phi) is 4.90. The number of pyridine rings is 1. The number of amides is 1. The molecule has 0 radical (unpaired) electrons. The Morgan fingerprint density at radius 1 is 1.14 bits per heavy atom. The summed E-state index contributed by atoms with van der Waals surface area (Å²) in [6, 6.07) is 14.8. The second kappa shape index (κ2) is 7.65. The number of H-pyrrole nitrogens is 1. The summed E-state index contributed by atoms with van der Waals surface area (Å²) in [7, 11) is 0. The number of carbonyl (C=O) groups is 1. The molecular formula is C19H18N6O2S. The second-order valence-electron chi connectivity index (χ2n) is 6.19. The van der Waals surface area contributed by atoms with Gasteiger partial charge < -0.3 is 10.3 Å². The van der Waals surface area contributed by atoms with Crippen molar-refractivity contribution in [3.05, 3.63) is 81.9 Å². The molecule has 3 aromatic heterocycles. The highest BCUT2D eigenvalue weighted by molar-refractivity contribution is 7.71. The van der Waals surface area contributed by atoms with Gasteiger partial charge in [-0.05, 0) is 42.9 Å². The van der Waals surface area contributed by atoms with E-state index in [9.17, 15) is 9.59 Å². The van der Waals surface area contributed by atoms with E-state index in [1.54, 1.807) is 29.1 Å². The third kappa shape index (κ3) is 3.39. The number of hydrogen-bond acceptors (Lipinski definition) is 4. The lowest BCUT2D eigenvalue weighted by Crippen LogP contribution is -2.28. The Bertz CT molecular complexity index is 1230. The third-order valence-corrected chi connectivity index (χ3v) is 4.64. The molecule has 0 fully saturated rings. The second-order valence-corrected chi connectivity index (χ2v) is 6.58. The minimum absolute atomic E-state index is 0.190. The van der Waals surface area contributed by atoms with Gasteiger partial charge in [0, 0.05) is 31.2 Å². The van der Waals surface area contributed by atoms with E-state index in [0.717, 1.165) is 5.69 Å². The molecule has 3 heterocycles. The van der Waals surface area contributed by atoms with Crippen molar-refractivity contribution in [1.29, 1.82) is 0 Å². The van der Waals surface area contributed by atoms with Crippen molar-refractivity contribution in [1.82, 2.24) is 29.0 Å². The SMILES string of the molecule is O=C(NCCCn1nc2ccccn2c1=O)c1c[nH]c(=S)n1-c1ccccc1. The number of imidazole rings is 1. The molecule has 1 aromatic carbocycles. The zero-order valence-electron chi connectivity index (χ0n) is 14.9. The van der Waals surface area contributed by atoms with Crippen LogP contribution in [0.1, 0.15) is 16.9 Å². The average Bonchev–Trinajstić information content (AvgIpc) is 3.26. The van der Waals surface area contributed by atoms with Crippen molar-refractivity contribution in [2.75, 3.05) is 6.54 Å². The summed E-state index contributed by atoms with van der Waals surface area (Å²) in [5, 5.41) is 7.15. The van der Waals surface area contributed by atoms with E-state index >= 15 is 0 Å². The van der Waals surface area contributed by atoms with Crippen molar-refractivity contribution >= 4 is 23.8 Å². The van der Waals surface area contributed by atoms with Crippen LogP contribution in [0.15, 0.2) is 65.7 Å². The van der Waals surface area contributed by atoms with E-state index in [1.165, 1.54) is 9.08 Å². The number of carbonyl (C=O) groups excluding carboxylic acids is 1. The Labute approximate surface area is 165 Å². The van der Waals surface area contributed by atoms with Gasteiger partial charge in [-0.3, -0.25) is 13.8 Å². The maximum atomic E-state index is 12.6. The van der Waals surface area contributed by atoms with E-state index in [1.807, 2.05) is 36.4 Å². The van der Waals surface area contributed by atoms with Crippen LogP contribution in [0, 0.1) is 4.77 Å². The van der Waals surface area contributed by atoms with Gasteiger partial charge in [-0.2, -0.15) is 0 Å². The minimum atomic E-state index is -0.237. The van der Waals surface area contributed by atoms with Crippen LogP contribution in [0.5, 0.6) is 0 Å². The van der Waals surface area contributed by atoms with Gasteiger partial charge in [-0.25, -0.2) is 9.48 Å². The first kappa shape index (κ1) is 17.9. The van der Waals surface area contributed by atoms with Crippen molar-refractivity contribution in [3.63, 3.8) is 0 Å². The first-order chi connectivity index (χ1) is 13.6. The van der Waals surface area contributed by atoms with Crippen LogP contribution in [0.25, 0.3) is 11.3 Å². The highest BCUT2D eigenvalue weighted by atomic mass is 32.1. The van der Waals surface area contributed by atoms with Gasteiger partial charge in [0.05, 0.1) is 0 Å². The average molecular weight is 394 g/mol. The molecule has 0 unspecified atom stereocenters. The molecule has 0 aliphatic carbocycles.